The van der Waals surface area contributed by atoms with E-state index >= 15 is 0 Å². The Morgan fingerprint density at radius 1 is 1.33 bits per heavy atom. The fourth-order valence-corrected chi connectivity index (χ4v) is 1.97. The third-order valence-electron chi connectivity index (χ3n) is 2.88. The van der Waals surface area contributed by atoms with E-state index in [2.05, 4.69) is 17.2 Å². The Bertz CT molecular complexity index is 608. The summed E-state index contributed by atoms with van der Waals surface area (Å²) in [5, 5.41) is 22.1. The van der Waals surface area contributed by atoms with Gasteiger partial charge in [-0.2, -0.15) is 10.4 Å². The first-order valence-corrected chi connectivity index (χ1v) is 5.82. The maximum Gasteiger partial charge on any atom is 0.163 e. The lowest BCUT2D eigenvalue weighted by Crippen LogP contribution is -2.06. The summed E-state index contributed by atoms with van der Waals surface area (Å²) in [5.74, 6) is 0. The van der Waals surface area contributed by atoms with Gasteiger partial charge in [0.05, 0.1) is 18.8 Å². The van der Waals surface area contributed by atoms with Gasteiger partial charge >= 0.3 is 0 Å². The van der Waals surface area contributed by atoms with Gasteiger partial charge in [-0.25, -0.2) is 0 Å². The Kier molecular flexibility index (Phi) is 3.45. The first-order chi connectivity index (χ1) is 8.65. The summed E-state index contributed by atoms with van der Waals surface area (Å²) < 4.78 is 1.68. The molecule has 1 aromatic heterocycles. The highest BCUT2D eigenvalue weighted by Crippen LogP contribution is 2.25. The molecular formula is C14H15N3O. The summed E-state index contributed by atoms with van der Waals surface area (Å²) in [4.78, 5) is 0. The number of hydrogen-bond donors (Lipinski definition) is 1. The molecule has 2 rings (SSSR count). The van der Waals surface area contributed by atoms with Crippen molar-refractivity contribution in [2.45, 2.75) is 20.4 Å². The van der Waals surface area contributed by atoms with Gasteiger partial charge in [-0.05, 0) is 25.5 Å². The number of rotatable bonds is 3. The SMILES string of the molecule is Cc1ccc(C)c(-c2cc(C#N)nn2CCO)c1. The fourth-order valence-electron chi connectivity index (χ4n) is 1.97. The summed E-state index contributed by atoms with van der Waals surface area (Å²) >= 11 is 0. The monoisotopic (exact) mass is 241 g/mol. The van der Waals surface area contributed by atoms with E-state index in [0.717, 1.165) is 22.4 Å². The molecule has 0 radical (unpaired) electrons. The molecule has 0 fully saturated rings. The van der Waals surface area contributed by atoms with Gasteiger partial charge in [-0.1, -0.05) is 17.7 Å². The predicted molar refractivity (Wildman–Crippen MR) is 68.9 cm³/mol. The van der Waals surface area contributed by atoms with Crippen molar-refractivity contribution in [2.24, 2.45) is 0 Å². The highest BCUT2D eigenvalue weighted by molar-refractivity contribution is 5.65. The molecule has 1 aromatic carbocycles. The van der Waals surface area contributed by atoms with Crippen LogP contribution in [0.15, 0.2) is 24.3 Å². The maximum atomic E-state index is 9.05. The molecule has 0 aliphatic heterocycles. The molecule has 4 heteroatoms. The molecule has 0 atom stereocenters. The van der Waals surface area contributed by atoms with Gasteiger partial charge < -0.3 is 5.11 Å². The average Bonchev–Trinajstić information content (AvgIpc) is 2.76. The number of aliphatic hydroxyl groups excluding tert-OH is 1. The molecule has 0 saturated heterocycles. The lowest BCUT2D eigenvalue weighted by Gasteiger charge is -2.09. The quantitative estimate of drug-likeness (QED) is 0.894. The maximum absolute atomic E-state index is 9.05. The molecule has 0 spiro atoms. The summed E-state index contributed by atoms with van der Waals surface area (Å²) in [5.41, 5.74) is 4.59. The minimum atomic E-state index is 0.00438. The minimum absolute atomic E-state index is 0.00438. The van der Waals surface area contributed by atoms with Crippen molar-refractivity contribution in [2.75, 3.05) is 6.61 Å². The number of benzene rings is 1. The van der Waals surface area contributed by atoms with Crippen molar-refractivity contribution in [3.05, 3.63) is 41.1 Å². The molecule has 1 heterocycles. The van der Waals surface area contributed by atoms with Crippen molar-refractivity contribution in [1.82, 2.24) is 9.78 Å². The molecule has 0 amide bonds. The van der Waals surface area contributed by atoms with Crippen LogP contribution >= 0.6 is 0 Å². The summed E-state index contributed by atoms with van der Waals surface area (Å²) in [6.45, 7) is 4.45. The highest BCUT2D eigenvalue weighted by atomic mass is 16.3. The number of aliphatic hydroxyl groups is 1. The van der Waals surface area contributed by atoms with E-state index in [9.17, 15) is 0 Å². The van der Waals surface area contributed by atoms with Gasteiger partial charge in [-0.15, -0.1) is 0 Å². The first kappa shape index (κ1) is 12.3. The van der Waals surface area contributed by atoms with Crippen LogP contribution in [0.2, 0.25) is 0 Å². The van der Waals surface area contributed by atoms with Crippen LogP contribution in [0.3, 0.4) is 0 Å². The third-order valence-corrected chi connectivity index (χ3v) is 2.88. The Hall–Kier alpha value is -2.12. The first-order valence-electron chi connectivity index (χ1n) is 5.82. The topological polar surface area (TPSA) is 61.8 Å². The molecule has 0 bridgehead atoms. The number of hydrogen-bond acceptors (Lipinski definition) is 3. The molecule has 0 unspecified atom stereocenters. The average molecular weight is 241 g/mol. The zero-order valence-electron chi connectivity index (χ0n) is 10.5. The van der Waals surface area contributed by atoms with E-state index < -0.39 is 0 Å². The molecule has 4 nitrogen and oxygen atoms in total. The summed E-state index contributed by atoms with van der Waals surface area (Å²) in [7, 11) is 0. The van der Waals surface area contributed by atoms with Gasteiger partial charge in [0, 0.05) is 11.6 Å². The summed E-state index contributed by atoms with van der Waals surface area (Å²) in [6.07, 6.45) is 0. The van der Waals surface area contributed by atoms with Crippen molar-refractivity contribution < 1.29 is 5.11 Å². The van der Waals surface area contributed by atoms with Crippen LogP contribution in [0.4, 0.5) is 0 Å². The Balaban J connectivity index is 2.58. The summed E-state index contributed by atoms with van der Waals surface area (Å²) in [6, 6.07) is 9.97. The Morgan fingerprint density at radius 3 is 2.78 bits per heavy atom. The lowest BCUT2D eigenvalue weighted by molar-refractivity contribution is 0.270. The van der Waals surface area contributed by atoms with Crippen molar-refractivity contribution in [1.29, 1.82) is 5.26 Å². The second-order valence-electron chi connectivity index (χ2n) is 4.29. The van der Waals surface area contributed by atoms with Gasteiger partial charge in [0.15, 0.2) is 5.69 Å². The largest absolute Gasteiger partial charge is 0.394 e. The van der Waals surface area contributed by atoms with Crippen LogP contribution in [0.25, 0.3) is 11.3 Å². The van der Waals surface area contributed by atoms with Gasteiger partial charge in [0.1, 0.15) is 6.07 Å². The molecular weight excluding hydrogens is 226 g/mol. The molecule has 0 aliphatic carbocycles. The van der Waals surface area contributed by atoms with Crippen molar-refractivity contribution >= 4 is 0 Å². The van der Waals surface area contributed by atoms with Gasteiger partial charge in [-0.3, -0.25) is 4.68 Å². The molecule has 0 aliphatic rings. The van der Waals surface area contributed by atoms with Crippen LogP contribution in [0.1, 0.15) is 16.8 Å². The van der Waals surface area contributed by atoms with Gasteiger partial charge in [0.2, 0.25) is 0 Å². The van der Waals surface area contributed by atoms with Crippen LogP contribution in [-0.4, -0.2) is 21.5 Å². The number of nitrogens with zero attached hydrogens (tertiary/aromatic N) is 3. The standard InChI is InChI=1S/C14H15N3O/c1-10-3-4-11(2)13(7-10)14-8-12(9-15)16-17(14)5-6-18/h3-4,7-8,18H,5-6H2,1-2H3. The van der Waals surface area contributed by atoms with Crippen LogP contribution in [0.5, 0.6) is 0 Å². The second kappa shape index (κ2) is 5.03. The highest BCUT2D eigenvalue weighted by Gasteiger charge is 2.11. The van der Waals surface area contributed by atoms with Crippen molar-refractivity contribution in [3.63, 3.8) is 0 Å². The number of aryl methyl sites for hydroxylation is 2. The minimum Gasteiger partial charge on any atom is -0.394 e. The Labute approximate surface area is 106 Å². The van der Waals surface area contributed by atoms with Crippen LogP contribution in [0, 0.1) is 25.2 Å². The van der Waals surface area contributed by atoms with E-state index in [1.165, 1.54) is 0 Å². The van der Waals surface area contributed by atoms with E-state index in [1.54, 1.807) is 10.7 Å². The van der Waals surface area contributed by atoms with E-state index in [1.807, 2.05) is 26.0 Å². The predicted octanol–water partition coefficient (Wildman–Crippen LogP) is 2.03. The van der Waals surface area contributed by atoms with Crippen LogP contribution < -0.4 is 0 Å². The number of aromatic nitrogens is 2. The van der Waals surface area contributed by atoms with E-state index in [4.69, 9.17) is 10.4 Å². The van der Waals surface area contributed by atoms with Crippen LogP contribution in [-0.2, 0) is 6.54 Å². The van der Waals surface area contributed by atoms with E-state index in [-0.39, 0.29) is 6.61 Å². The number of nitriles is 1. The molecule has 0 saturated carbocycles. The second-order valence-corrected chi connectivity index (χ2v) is 4.29. The zero-order valence-corrected chi connectivity index (χ0v) is 10.5. The molecule has 18 heavy (non-hydrogen) atoms. The Morgan fingerprint density at radius 2 is 2.11 bits per heavy atom. The molecule has 2 aromatic rings. The normalized spacial score (nSPS) is 10.3. The lowest BCUT2D eigenvalue weighted by atomic mass is 10.0. The fraction of sp³-hybridized carbons (Fsp3) is 0.286. The van der Waals surface area contributed by atoms with E-state index in [0.29, 0.717) is 12.2 Å². The molecule has 1 N–H and O–H groups in total. The molecule has 92 valence electrons. The van der Waals surface area contributed by atoms with Crippen molar-refractivity contribution in [3.8, 4) is 17.3 Å². The third kappa shape index (κ3) is 2.27. The van der Waals surface area contributed by atoms with Gasteiger partial charge in [0.25, 0.3) is 0 Å². The smallest absolute Gasteiger partial charge is 0.163 e. The zero-order chi connectivity index (χ0) is 13.1.